The molecule has 0 aliphatic carbocycles. The van der Waals surface area contributed by atoms with Gasteiger partial charge in [0.05, 0.1) is 18.5 Å². The Labute approximate surface area is 98.3 Å². The van der Waals surface area contributed by atoms with E-state index < -0.39 is 5.97 Å². The summed E-state index contributed by atoms with van der Waals surface area (Å²) in [6, 6.07) is 3.49. The van der Waals surface area contributed by atoms with E-state index in [1.807, 2.05) is 6.26 Å². The number of thioether (sulfide) groups is 1. The number of ether oxygens (including phenoxy) is 1. The highest BCUT2D eigenvalue weighted by atomic mass is 32.2. The first-order valence-corrected chi connectivity index (χ1v) is 6.10. The van der Waals surface area contributed by atoms with Crippen molar-refractivity contribution in [2.45, 2.75) is 0 Å². The van der Waals surface area contributed by atoms with Crippen molar-refractivity contribution < 1.29 is 14.6 Å². The third-order valence-electron chi connectivity index (χ3n) is 1.71. The van der Waals surface area contributed by atoms with E-state index >= 15 is 0 Å². The Bertz CT molecular complexity index is 362. The monoisotopic (exact) mass is 239 g/mol. The maximum atomic E-state index is 10.3. The molecule has 4 nitrogen and oxygen atoms in total. The Morgan fingerprint density at radius 1 is 1.62 bits per heavy atom. The van der Waals surface area contributed by atoms with Crippen LogP contribution in [0.3, 0.4) is 0 Å². The minimum atomic E-state index is -0.984. The number of rotatable bonds is 6. The lowest BCUT2D eigenvalue weighted by molar-refractivity contribution is -0.131. The first-order chi connectivity index (χ1) is 7.72. The molecular formula is C11H13NO3S. The van der Waals surface area contributed by atoms with Crippen LogP contribution in [0.5, 0.6) is 5.75 Å². The predicted octanol–water partition coefficient (Wildman–Crippen LogP) is 1.92. The molecule has 1 N–H and O–H groups in total. The Hall–Kier alpha value is -1.49. The van der Waals surface area contributed by atoms with Gasteiger partial charge in [0.1, 0.15) is 5.75 Å². The highest BCUT2D eigenvalue weighted by Gasteiger charge is 1.95. The largest absolute Gasteiger partial charge is 0.491 e. The second-order valence-electron chi connectivity index (χ2n) is 2.93. The van der Waals surface area contributed by atoms with Crippen molar-refractivity contribution in [1.82, 2.24) is 4.98 Å². The second-order valence-corrected chi connectivity index (χ2v) is 3.92. The average Bonchev–Trinajstić information content (AvgIpc) is 2.28. The molecule has 0 saturated carbocycles. The first-order valence-electron chi connectivity index (χ1n) is 4.71. The van der Waals surface area contributed by atoms with Gasteiger partial charge in [-0.05, 0) is 24.5 Å². The van der Waals surface area contributed by atoms with E-state index in [4.69, 9.17) is 9.84 Å². The fraction of sp³-hybridized carbons (Fsp3) is 0.273. The van der Waals surface area contributed by atoms with Crippen LogP contribution < -0.4 is 4.74 Å². The number of hydrogen-bond donors (Lipinski definition) is 1. The summed E-state index contributed by atoms with van der Waals surface area (Å²) in [4.78, 5) is 14.3. The number of carboxylic acids is 1. The standard InChI is InChI=1S/C11H13NO3S/c1-16-7-6-15-10-4-2-9(12-8-10)3-5-11(13)14/h2-5,8H,6-7H2,1H3,(H,13,14)/b5-3+. The summed E-state index contributed by atoms with van der Waals surface area (Å²) in [7, 11) is 0. The zero-order valence-electron chi connectivity index (χ0n) is 8.92. The van der Waals surface area contributed by atoms with Gasteiger partial charge >= 0.3 is 5.97 Å². The van der Waals surface area contributed by atoms with E-state index in [0.717, 1.165) is 11.8 Å². The van der Waals surface area contributed by atoms with Crippen LogP contribution in [0.2, 0.25) is 0 Å². The van der Waals surface area contributed by atoms with Gasteiger partial charge in [0.25, 0.3) is 0 Å². The van der Waals surface area contributed by atoms with Crippen molar-refractivity contribution in [3.8, 4) is 5.75 Å². The third kappa shape index (κ3) is 4.84. The van der Waals surface area contributed by atoms with Crippen LogP contribution in [-0.2, 0) is 4.79 Å². The summed E-state index contributed by atoms with van der Waals surface area (Å²) in [5.74, 6) is 0.643. The molecule has 0 fully saturated rings. The van der Waals surface area contributed by atoms with Crippen LogP contribution in [0.25, 0.3) is 6.08 Å². The van der Waals surface area contributed by atoms with E-state index in [1.54, 1.807) is 30.1 Å². The quantitative estimate of drug-likeness (QED) is 0.607. The van der Waals surface area contributed by atoms with Crippen molar-refractivity contribution in [3.63, 3.8) is 0 Å². The predicted molar refractivity (Wildman–Crippen MR) is 64.8 cm³/mol. The third-order valence-corrected chi connectivity index (χ3v) is 2.29. The van der Waals surface area contributed by atoms with Gasteiger partial charge in [0, 0.05) is 11.8 Å². The van der Waals surface area contributed by atoms with E-state index in [-0.39, 0.29) is 0 Å². The first kappa shape index (κ1) is 12.6. The van der Waals surface area contributed by atoms with Gasteiger partial charge in [-0.2, -0.15) is 11.8 Å². The fourth-order valence-corrected chi connectivity index (χ4v) is 1.23. The molecule has 1 aromatic rings. The van der Waals surface area contributed by atoms with Crippen LogP contribution in [0.4, 0.5) is 0 Å². The lowest BCUT2D eigenvalue weighted by Gasteiger charge is -2.03. The van der Waals surface area contributed by atoms with Crippen molar-refractivity contribution in [2.75, 3.05) is 18.6 Å². The number of pyridine rings is 1. The van der Waals surface area contributed by atoms with Gasteiger partial charge in [0.15, 0.2) is 0 Å². The Kier molecular flexibility index (Phi) is 5.42. The molecule has 0 aliphatic rings. The molecule has 1 aromatic heterocycles. The molecular weight excluding hydrogens is 226 g/mol. The summed E-state index contributed by atoms with van der Waals surface area (Å²) >= 11 is 1.71. The molecule has 16 heavy (non-hydrogen) atoms. The minimum Gasteiger partial charge on any atom is -0.491 e. The lowest BCUT2D eigenvalue weighted by atomic mass is 10.3. The summed E-state index contributed by atoms with van der Waals surface area (Å²) in [5, 5.41) is 8.43. The van der Waals surface area contributed by atoms with Gasteiger partial charge in [-0.3, -0.25) is 4.98 Å². The summed E-state index contributed by atoms with van der Waals surface area (Å²) in [6.45, 7) is 0.646. The van der Waals surface area contributed by atoms with E-state index in [0.29, 0.717) is 18.1 Å². The van der Waals surface area contributed by atoms with Gasteiger partial charge in [0.2, 0.25) is 0 Å². The molecule has 0 atom stereocenters. The number of aromatic nitrogens is 1. The normalized spacial score (nSPS) is 10.6. The molecule has 86 valence electrons. The molecule has 0 aromatic carbocycles. The lowest BCUT2D eigenvalue weighted by Crippen LogP contribution is -1.99. The minimum absolute atomic E-state index is 0.597. The molecule has 1 heterocycles. The molecule has 0 radical (unpaired) electrons. The maximum Gasteiger partial charge on any atom is 0.328 e. The molecule has 0 spiro atoms. The number of carboxylic acid groups (broad SMARTS) is 1. The number of nitrogens with zero attached hydrogens (tertiary/aromatic N) is 1. The van der Waals surface area contributed by atoms with Crippen LogP contribution in [0.15, 0.2) is 24.4 Å². The van der Waals surface area contributed by atoms with Crippen molar-refractivity contribution in [3.05, 3.63) is 30.1 Å². The van der Waals surface area contributed by atoms with Gasteiger partial charge in [-0.15, -0.1) is 0 Å². The molecule has 0 bridgehead atoms. The van der Waals surface area contributed by atoms with Gasteiger partial charge in [-0.25, -0.2) is 4.79 Å². The molecule has 0 amide bonds. The highest BCUT2D eigenvalue weighted by molar-refractivity contribution is 7.98. The highest BCUT2D eigenvalue weighted by Crippen LogP contribution is 2.10. The topological polar surface area (TPSA) is 59.4 Å². The molecule has 5 heteroatoms. The Morgan fingerprint density at radius 2 is 2.44 bits per heavy atom. The zero-order chi connectivity index (χ0) is 11.8. The number of hydrogen-bond acceptors (Lipinski definition) is 4. The van der Waals surface area contributed by atoms with E-state index in [1.165, 1.54) is 6.08 Å². The molecule has 1 rings (SSSR count). The average molecular weight is 239 g/mol. The smallest absolute Gasteiger partial charge is 0.328 e. The van der Waals surface area contributed by atoms with Crippen molar-refractivity contribution in [2.24, 2.45) is 0 Å². The van der Waals surface area contributed by atoms with Gasteiger partial charge < -0.3 is 9.84 Å². The second kappa shape index (κ2) is 6.90. The van der Waals surface area contributed by atoms with Crippen molar-refractivity contribution >= 4 is 23.8 Å². The molecule has 0 aliphatic heterocycles. The Balaban J connectivity index is 2.51. The molecule has 0 saturated heterocycles. The maximum absolute atomic E-state index is 10.3. The van der Waals surface area contributed by atoms with E-state index in [2.05, 4.69) is 4.98 Å². The summed E-state index contributed by atoms with van der Waals surface area (Å²) in [6.07, 6.45) is 6.09. The van der Waals surface area contributed by atoms with Gasteiger partial charge in [-0.1, -0.05) is 0 Å². The Morgan fingerprint density at radius 3 is 3.00 bits per heavy atom. The SMILES string of the molecule is CSCCOc1ccc(/C=C/C(=O)O)nc1. The number of carbonyl (C=O) groups is 1. The van der Waals surface area contributed by atoms with Crippen LogP contribution in [-0.4, -0.2) is 34.7 Å². The fourth-order valence-electron chi connectivity index (χ4n) is 0.975. The molecule has 0 unspecified atom stereocenters. The zero-order valence-corrected chi connectivity index (χ0v) is 9.74. The number of aliphatic carboxylic acids is 1. The summed E-state index contributed by atoms with van der Waals surface area (Å²) < 4.78 is 5.40. The summed E-state index contributed by atoms with van der Waals surface area (Å²) in [5.41, 5.74) is 0.597. The van der Waals surface area contributed by atoms with Crippen molar-refractivity contribution in [1.29, 1.82) is 0 Å². The van der Waals surface area contributed by atoms with Crippen LogP contribution >= 0.6 is 11.8 Å². The van der Waals surface area contributed by atoms with E-state index in [9.17, 15) is 4.79 Å². The van der Waals surface area contributed by atoms with Crippen LogP contribution in [0.1, 0.15) is 5.69 Å². The van der Waals surface area contributed by atoms with Crippen LogP contribution in [0, 0.1) is 0 Å².